The predicted octanol–water partition coefficient (Wildman–Crippen LogP) is 0.167. The molecule has 2 N–H and O–H groups in total. The molecule has 0 aromatic carbocycles. The smallest absolute Gasteiger partial charge is 0.303 e. The standard InChI is InChI=1S/C42H65NO24Si/c1-18(44)43-30-34(66-41-38(61-26(9)52)35(59-24(7)50)32(58-23(6)49)29(64-41)17-56-21(4)47)31(57-22(5)48)28(16-55-20(3)46)63-40(30)65-33-27(15-54-19(2)45)62-39(53)37(60-25(8)51)36(33)67-68(13,14)42(10,11)12/h27-41,53H,15-17H2,1-14H3,(H,43,44)/t27-,28-,29-,30-,31+,32+,33+,34-,35+,36+,37-,38-,39-,40+,41+/m1/s1. The van der Waals surface area contributed by atoms with Gasteiger partial charge in [0.15, 0.2) is 57.7 Å². The number of ether oxygens (including phenoxy) is 13. The van der Waals surface area contributed by atoms with E-state index in [4.69, 9.17) is 66.0 Å². The highest BCUT2D eigenvalue weighted by Crippen LogP contribution is 2.42. The van der Waals surface area contributed by atoms with Crippen LogP contribution in [0.3, 0.4) is 0 Å². The van der Waals surface area contributed by atoms with Gasteiger partial charge in [0.2, 0.25) is 5.91 Å². The third-order valence-corrected chi connectivity index (χ3v) is 15.4. The fourth-order valence-corrected chi connectivity index (χ4v) is 8.51. The predicted molar refractivity (Wildman–Crippen MR) is 225 cm³/mol. The summed E-state index contributed by atoms with van der Waals surface area (Å²) in [5.41, 5.74) is 0. The Morgan fingerprint density at radius 2 is 0.838 bits per heavy atom. The molecule has 25 nitrogen and oxygen atoms in total. The molecule has 386 valence electrons. The largest absolute Gasteiger partial charge is 0.463 e. The molecule has 0 saturated carbocycles. The number of carbonyl (C=O) groups excluding carboxylic acids is 9. The summed E-state index contributed by atoms with van der Waals surface area (Å²) in [7, 11) is -2.98. The van der Waals surface area contributed by atoms with Crippen LogP contribution in [0.25, 0.3) is 0 Å². The maximum Gasteiger partial charge on any atom is 0.303 e. The molecule has 0 bridgehead atoms. The summed E-state index contributed by atoms with van der Waals surface area (Å²) >= 11 is 0. The molecule has 3 aliphatic heterocycles. The number of carbonyl (C=O) groups is 9. The topological polar surface area (TPSA) is 315 Å². The minimum atomic E-state index is -2.98. The molecule has 3 aliphatic rings. The van der Waals surface area contributed by atoms with Crippen molar-refractivity contribution in [3.63, 3.8) is 0 Å². The van der Waals surface area contributed by atoms with E-state index in [2.05, 4.69) is 5.32 Å². The van der Waals surface area contributed by atoms with Gasteiger partial charge in [0, 0.05) is 62.3 Å². The Bertz CT molecular complexity index is 1840. The van der Waals surface area contributed by atoms with Gasteiger partial charge in [-0.2, -0.15) is 0 Å². The fourth-order valence-electron chi connectivity index (χ4n) is 7.21. The molecule has 0 spiro atoms. The van der Waals surface area contributed by atoms with Crippen molar-refractivity contribution in [2.75, 3.05) is 19.8 Å². The van der Waals surface area contributed by atoms with E-state index in [-0.39, 0.29) is 0 Å². The molecular weight excluding hydrogens is 931 g/mol. The first-order chi connectivity index (χ1) is 31.4. The fraction of sp³-hybridized carbons (Fsp3) is 0.786. The molecule has 0 unspecified atom stereocenters. The number of hydrogen-bond donors (Lipinski definition) is 2. The highest BCUT2D eigenvalue weighted by Gasteiger charge is 2.60. The molecule has 3 heterocycles. The monoisotopic (exact) mass is 995 g/mol. The second kappa shape index (κ2) is 24.6. The zero-order chi connectivity index (χ0) is 51.6. The second-order valence-electron chi connectivity index (χ2n) is 17.7. The van der Waals surface area contributed by atoms with Gasteiger partial charge in [0.25, 0.3) is 0 Å². The number of hydrogen-bond acceptors (Lipinski definition) is 24. The number of rotatable bonds is 18. The maximum atomic E-state index is 13.3. The molecular formula is C42H65NO24Si. The van der Waals surface area contributed by atoms with E-state index in [1.165, 1.54) is 0 Å². The van der Waals surface area contributed by atoms with Gasteiger partial charge in [-0.15, -0.1) is 0 Å². The van der Waals surface area contributed by atoms with Crippen molar-refractivity contribution >= 4 is 62.0 Å². The summed E-state index contributed by atoms with van der Waals surface area (Å²) in [5, 5.41) is 13.5. The first-order valence-electron chi connectivity index (χ1n) is 21.6. The summed E-state index contributed by atoms with van der Waals surface area (Å²) in [5.74, 6) is -7.85. The highest BCUT2D eigenvalue weighted by molar-refractivity contribution is 6.74. The number of amides is 1. The quantitative estimate of drug-likeness (QED) is 0.105. The Morgan fingerprint density at radius 1 is 0.471 bits per heavy atom. The van der Waals surface area contributed by atoms with E-state index in [9.17, 15) is 48.3 Å². The molecule has 3 fully saturated rings. The zero-order valence-corrected chi connectivity index (χ0v) is 41.6. The van der Waals surface area contributed by atoms with Gasteiger partial charge in [-0.25, -0.2) is 0 Å². The van der Waals surface area contributed by atoms with Gasteiger partial charge in [-0.1, -0.05) is 20.8 Å². The van der Waals surface area contributed by atoms with Crippen molar-refractivity contribution in [1.82, 2.24) is 5.32 Å². The molecule has 1 amide bonds. The van der Waals surface area contributed by atoms with Crippen LogP contribution in [0.1, 0.15) is 83.1 Å². The van der Waals surface area contributed by atoms with Gasteiger partial charge >= 0.3 is 47.8 Å². The molecule has 3 rings (SSSR count). The van der Waals surface area contributed by atoms with E-state index in [0.29, 0.717) is 0 Å². The lowest BCUT2D eigenvalue weighted by Gasteiger charge is -2.52. The number of aliphatic hydroxyl groups is 1. The third-order valence-electron chi connectivity index (χ3n) is 10.9. The normalized spacial score (nSPS) is 31.7. The van der Waals surface area contributed by atoms with Crippen LogP contribution in [0.2, 0.25) is 18.1 Å². The molecule has 0 radical (unpaired) electrons. The van der Waals surface area contributed by atoms with Crippen LogP contribution < -0.4 is 5.32 Å². The first-order valence-corrected chi connectivity index (χ1v) is 24.5. The maximum absolute atomic E-state index is 13.3. The van der Waals surface area contributed by atoms with Crippen molar-refractivity contribution in [2.45, 2.75) is 193 Å². The Kier molecular flexibility index (Phi) is 20.8. The first kappa shape index (κ1) is 57.5. The molecule has 0 aromatic heterocycles. The van der Waals surface area contributed by atoms with E-state index in [0.717, 1.165) is 62.3 Å². The lowest BCUT2D eigenvalue weighted by molar-refractivity contribution is -0.363. The molecule has 26 heteroatoms. The summed E-state index contributed by atoms with van der Waals surface area (Å²) < 4.78 is 82.4. The average Bonchev–Trinajstić information content (AvgIpc) is 3.17. The van der Waals surface area contributed by atoms with Gasteiger partial charge in [-0.05, 0) is 18.1 Å². The zero-order valence-electron chi connectivity index (χ0n) is 40.6. The second-order valence-corrected chi connectivity index (χ2v) is 22.5. The van der Waals surface area contributed by atoms with Crippen molar-refractivity contribution in [3.8, 4) is 0 Å². The van der Waals surface area contributed by atoms with Crippen LogP contribution >= 0.6 is 0 Å². The van der Waals surface area contributed by atoms with Gasteiger partial charge in [0.1, 0.15) is 62.5 Å². The van der Waals surface area contributed by atoms with Crippen LogP contribution in [0.5, 0.6) is 0 Å². The molecule has 68 heavy (non-hydrogen) atoms. The van der Waals surface area contributed by atoms with Gasteiger partial charge in [-0.3, -0.25) is 43.2 Å². The minimum absolute atomic E-state index is 0.525. The van der Waals surface area contributed by atoms with E-state index < -0.39 is 179 Å². The van der Waals surface area contributed by atoms with Crippen LogP contribution in [0.15, 0.2) is 0 Å². The van der Waals surface area contributed by atoms with E-state index in [1.54, 1.807) is 0 Å². The number of nitrogens with one attached hydrogen (secondary N) is 1. The van der Waals surface area contributed by atoms with Crippen molar-refractivity contribution in [2.24, 2.45) is 0 Å². The molecule has 15 atom stereocenters. The van der Waals surface area contributed by atoms with E-state index >= 15 is 0 Å². The summed E-state index contributed by atoms with van der Waals surface area (Å²) in [6.45, 7) is 17.0. The Labute approximate surface area is 394 Å². The van der Waals surface area contributed by atoms with Gasteiger partial charge in [0.05, 0.1) is 0 Å². The minimum Gasteiger partial charge on any atom is -0.463 e. The van der Waals surface area contributed by atoms with Crippen LogP contribution in [0.4, 0.5) is 0 Å². The summed E-state index contributed by atoms with van der Waals surface area (Å²) in [6.07, 6.45) is -23.5. The SMILES string of the molecule is CC(=O)N[C@H]1[C@H](O[C@@H]2[C@H](O[Si](C)(C)C(C)(C)C)[C@@H](OC(C)=O)[C@H](O)O[C@@H]2COC(C)=O)O[C@H](COC(C)=O)[C@H](OC(C)=O)[C@@H]1O[C@@H]1O[C@H](COC(C)=O)[C@H](OC(C)=O)[C@H](OC(C)=O)[C@H]1OC(C)=O. The lowest BCUT2D eigenvalue weighted by atomic mass is 9.94. The Morgan fingerprint density at radius 3 is 1.25 bits per heavy atom. The van der Waals surface area contributed by atoms with E-state index in [1.807, 2.05) is 33.9 Å². The Hall–Kier alpha value is -4.83. The lowest BCUT2D eigenvalue weighted by Crippen LogP contribution is -2.71. The van der Waals surface area contributed by atoms with Crippen LogP contribution in [0, 0.1) is 0 Å². The highest BCUT2D eigenvalue weighted by atomic mass is 28.4. The third kappa shape index (κ3) is 16.4. The number of aliphatic hydroxyl groups excluding tert-OH is 1. The Balaban J connectivity index is 2.39. The van der Waals surface area contributed by atoms with Gasteiger partial charge < -0.3 is 76.4 Å². The number of esters is 8. The van der Waals surface area contributed by atoms with Crippen molar-refractivity contribution in [3.05, 3.63) is 0 Å². The average molecular weight is 996 g/mol. The molecule has 3 saturated heterocycles. The molecule has 0 aliphatic carbocycles. The summed E-state index contributed by atoms with van der Waals surface area (Å²) in [4.78, 5) is 113. The van der Waals surface area contributed by atoms with Crippen LogP contribution in [-0.2, 0) is 109 Å². The van der Waals surface area contributed by atoms with Crippen molar-refractivity contribution < 1.29 is 114 Å². The van der Waals surface area contributed by atoms with Crippen molar-refractivity contribution in [1.29, 1.82) is 0 Å². The molecule has 0 aromatic rings. The van der Waals surface area contributed by atoms with Crippen LogP contribution in [-0.4, -0.2) is 179 Å². The summed E-state index contributed by atoms with van der Waals surface area (Å²) in [6, 6.07) is -1.68.